The number of alkyl halides is 3. The van der Waals surface area contributed by atoms with Crippen LogP contribution in [0.1, 0.15) is 19.8 Å². The predicted molar refractivity (Wildman–Crippen MR) is 79.5 cm³/mol. The summed E-state index contributed by atoms with van der Waals surface area (Å²) < 4.78 is 67.1. The van der Waals surface area contributed by atoms with Crippen LogP contribution in [0, 0.1) is 5.92 Å². The number of halogens is 3. The number of piperidine rings is 1. The largest absolute Gasteiger partial charge is 0.481 e. The van der Waals surface area contributed by atoms with Crippen LogP contribution in [0.15, 0.2) is 23.2 Å². The van der Waals surface area contributed by atoms with Crippen LogP contribution >= 0.6 is 0 Å². The summed E-state index contributed by atoms with van der Waals surface area (Å²) in [5.74, 6) is -2.24. The van der Waals surface area contributed by atoms with Gasteiger partial charge in [-0.2, -0.15) is 17.5 Å². The smallest absolute Gasteiger partial charge is 0.422 e. The fourth-order valence-electron chi connectivity index (χ4n) is 2.68. The van der Waals surface area contributed by atoms with Gasteiger partial charge in [0.25, 0.3) is 0 Å². The molecule has 0 saturated carbocycles. The minimum absolute atomic E-state index is 0.166. The van der Waals surface area contributed by atoms with Crippen LogP contribution < -0.4 is 4.74 Å². The average Bonchev–Trinajstić information content (AvgIpc) is 2.52. The second kappa shape index (κ2) is 7.16. The van der Waals surface area contributed by atoms with Gasteiger partial charge < -0.3 is 9.84 Å². The summed E-state index contributed by atoms with van der Waals surface area (Å²) in [7, 11) is -4.01. The zero-order valence-corrected chi connectivity index (χ0v) is 14.0. The highest BCUT2D eigenvalue weighted by Crippen LogP contribution is 2.29. The maximum Gasteiger partial charge on any atom is 0.422 e. The lowest BCUT2D eigenvalue weighted by Crippen LogP contribution is -2.48. The summed E-state index contributed by atoms with van der Waals surface area (Å²) in [5, 5.41) is 9.18. The molecular weight excluding hydrogens is 365 g/mol. The summed E-state index contributed by atoms with van der Waals surface area (Å²) in [6, 6.07) is 1.38. The lowest BCUT2D eigenvalue weighted by atomic mass is 9.92. The molecule has 1 aromatic heterocycles. The third-order valence-electron chi connectivity index (χ3n) is 3.95. The highest BCUT2D eigenvalue weighted by atomic mass is 32.2. The number of pyridine rings is 1. The molecule has 0 amide bonds. The minimum Gasteiger partial charge on any atom is -0.481 e. The van der Waals surface area contributed by atoms with Crippen molar-refractivity contribution in [3.8, 4) is 5.88 Å². The maximum absolute atomic E-state index is 12.7. The molecule has 1 aromatic rings. The van der Waals surface area contributed by atoms with Gasteiger partial charge in [0.15, 0.2) is 6.61 Å². The number of carboxylic acids is 1. The first kappa shape index (κ1) is 19.4. The highest BCUT2D eigenvalue weighted by Gasteiger charge is 2.39. The van der Waals surface area contributed by atoms with Gasteiger partial charge in [0.05, 0.1) is 12.1 Å². The lowest BCUT2D eigenvalue weighted by Gasteiger charge is -2.36. The van der Waals surface area contributed by atoms with E-state index < -0.39 is 40.7 Å². The molecule has 7 nitrogen and oxygen atoms in total. The molecule has 1 aliphatic heterocycles. The number of hydrogen-bond acceptors (Lipinski definition) is 5. The summed E-state index contributed by atoms with van der Waals surface area (Å²) in [4.78, 5) is 14.6. The van der Waals surface area contributed by atoms with Crippen LogP contribution in [-0.2, 0) is 14.8 Å². The molecule has 2 atom stereocenters. The number of nitrogens with zero attached hydrogens (tertiary/aromatic N) is 2. The molecule has 1 saturated heterocycles. The Kier molecular flexibility index (Phi) is 5.57. The number of hydrogen-bond donors (Lipinski definition) is 1. The Bertz CT molecular complexity index is 721. The molecule has 0 unspecified atom stereocenters. The number of carbonyl (C=O) groups is 1. The van der Waals surface area contributed by atoms with Crippen LogP contribution in [0.3, 0.4) is 0 Å². The molecule has 0 aliphatic carbocycles. The Morgan fingerprint density at radius 2 is 2.12 bits per heavy atom. The third kappa shape index (κ3) is 4.60. The summed E-state index contributed by atoms with van der Waals surface area (Å²) in [6.45, 7) is 0.152. The lowest BCUT2D eigenvalue weighted by molar-refractivity contribution is -0.154. The fraction of sp³-hybridized carbons (Fsp3) is 0.571. The monoisotopic (exact) mass is 382 g/mol. The number of ether oxygens (including phenoxy) is 1. The Morgan fingerprint density at radius 1 is 1.44 bits per heavy atom. The second-order valence-electron chi connectivity index (χ2n) is 5.68. The first-order valence-corrected chi connectivity index (χ1v) is 8.86. The molecule has 0 radical (unpaired) electrons. The SMILES string of the molecule is C[C@@H]1[C@H](C(=O)O)CCCN1S(=O)(=O)c1ccc(OCC(F)(F)F)nc1. The Morgan fingerprint density at radius 3 is 2.64 bits per heavy atom. The Hall–Kier alpha value is -1.88. The van der Waals surface area contributed by atoms with Crippen molar-refractivity contribution in [3.63, 3.8) is 0 Å². The standard InChI is InChI=1S/C14H17F3N2O5S/c1-9-11(13(20)21)3-2-6-19(9)25(22,23)10-4-5-12(18-7-10)24-8-14(15,16)17/h4-5,7,9,11H,2-3,6,8H2,1H3,(H,20,21)/t9-,11-/m1/s1. The molecule has 0 bridgehead atoms. The van der Waals surface area contributed by atoms with Gasteiger partial charge in [-0.15, -0.1) is 0 Å². The van der Waals surface area contributed by atoms with Crippen molar-refractivity contribution in [1.29, 1.82) is 0 Å². The zero-order chi connectivity index (χ0) is 18.8. The Labute approximate surface area is 142 Å². The van der Waals surface area contributed by atoms with E-state index in [-0.39, 0.29) is 17.3 Å². The summed E-state index contributed by atoms with van der Waals surface area (Å²) >= 11 is 0. The number of aliphatic carboxylic acids is 1. The van der Waals surface area contributed by atoms with Crippen molar-refractivity contribution >= 4 is 16.0 Å². The van der Waals surface area contributed by atoms with Crippen molar-refractivity contribution in [3.05, 3.63) is 18.3 Å². The van der Waals surface area contributed by atoms with E-state index in [0.29, 0.717) is 12.8 Å². The van der Waals surface area contributed by atoms with Crippen LogP contribution in [0.5, 0.6) is 5.88 Å². The molecule has 0 spiro atoms. The van der Waals surface area contributed by atoms with Gasteiger partial charge in [0.1, 0.15) is 4.90 Å². The van der Waals surface area contributed by atoms with E-state index in [2.05, 4.69) is 9.72 Å². The molecule has 1 N–H and O–H groups in total. The quantitative estimate of drug-likeness (QED) is 0.835. The molecule has 11 heteroatoms. The summed E-state index contributed by atoms with van der Waals surface area (Å²) in [6.07, 6.45) is -2.84. The number of carboxylic acid groups (broad SMARTS) is 1. The number of aromatic nitrogens is 1. The van der Waals surface area contributed by atoms with E-state index in [1.807, 2.05) is 0 Å². The van der Waals surface area contributed by atoms with Gasteiger partial charge >= 0.3 is 12.1 Å². The van der Waals surface area contributed by atoms with E-state index >= 15 is 0 Å². The van der Waals surface area contributed by atoms with Gasteiger partial charge in [-0.1, -0.05) is 0 Å². The molecular formula is C14H17F3N2O5S. The fourth-order valence-corrected chi connectivity index (χ4v) is 4.33. The normalized spacial score (nSPS) is 22.6. The van der Waals surface area contributed by atoms with Gasteiger partial charge in [0, 0.05) is 18.7 Å². The van der Waals surface area contributed by atoms with E-state index in [9.17, 15) is 31.5 Å². The minimum atomic E-state index is -4.53. The first-order valence-electron chi connectivity index (χ1n) is 7.42. The van der Waals surface area contributed by atoms with Crippen molar-refractivity contribution in [2.24, 2.45) is 5.92 Å². The summed E-state index contributed by atoms with van der Waals surface area (Å²) in [5.41, 5.74) is 0. The molecule has 140 valence electrons. The van der Waals surface area contributed by atoms with Gasteiger partial charge in [0.2, 0.25) is 15.9 Å². The van der Waals surface area contributed by atoms with E-state index in [4.69, 9.17) is 0 Å². The van der Waals surface area contributed by atoms with Crippen molar-refractivity contribution in [2.75, 3.05) is 13.2 Å². The molecule has 1 fully saturated rings. The van der Waals surface area contributed by atoms with E-state index in [1.165, 1.54) is 6.92 Å². The molecule has 2 heterocycles. The molecule has 1 aliphatic rings. The predicted octanol–water partition coefficient (Wildman–Crippen LogP) is 1.90. The molecule has 0 aromatic carbocycles. The van der Waals surface area contributed by atoms with Crippen LogP contribution in [0.25, 0.3) is 0 Å². The van der Waals surface area contributed by atoms with E-state index in [1.54, 1.807) is 0 Å². The third-order valence-corrected chi connectivity index (χ3v) is 5.92. The molecule has 25 heavy (non-hydrogen) atoms. The van der Waals surface area contributed by atoms with Gasteiger partial charge in [-0.3, -0.25) is 4.79 Å². The van der Waals surface area contributed by atoms with Crippen LogP contribution in [-0.4, -0.2) is 54.2 Å². The van der Waals surface area contributed by atoms with Gasteiger partial charge in [-0.25, -0.2) is 13.4 Å². The highest BCUT2D eigenvalue weighted by molar-refractivity contribution is 7.89. The van der Waals surface area contributed by atoms with Gasteiger partial charge in [-0.05, 0) is 25.8 Å². The second-order valence-corrected chi connectivity index (χ2v) is 7.57. The van der Waals surface area contributed by atoms with Crippen LogP contribution in [0.2, 0.25) is 0 Å². The van der Waals surface area contributed by atoms with E-state index in [0.717, 1.165) is 22.6 Å². The van der Waals surface area contributed by atoms with Crippen molar-refractivity contribution < 1.29 is 36.2 Å². The van der Waals surface area contributed by atoms with Crippen LogP contribution in [0.4, 0.5) is 13.2 Å². The number of sulfonamides is 1. The number of rotatable bonds is 5. The Balaban J connectivity index is 2.17. The van der Waals surface area contributed by atoms with Crippen molar-refractivity contribution in [1.82, 2.24) is 9.29 Å². The maximum atomic E-state index is 12.7. The topological polar surface area (TPSA) is 96.8 Å². The molecule has 2 rings (SSSR count). The van der Waals surface area contributed by atoms with Crippen molar-refractivity contribution in [2.45, 2.75) is 36.9 Å². The average molecular weight is 382 g/mol. The first-order chi connectivity index (χ1) is 11.5. The zero-order valence-electron chi connectivity index (χ0n) is 13.2.